The van der Waals surface area contributed by atoms with Crippen molar-refractivity contribution < 1.29 is 61.1 Å². The molecule has 53 heavy (non-hydrogen) atoms. The van der Waals surface area contributed by atoms with Crippen molar-refractivity contribution in [3.63, 3.8) is 0 Å². The Hall–Kier alpha value is -5.92. The Morgan fingerprint density at radius 3 is 1.62 bits per heavy atom. The minimum absolute atomic E-state index is 0.0447. The lowest BCUT2D eigenvalue weighted by atomic mass is 9.99. The third kappa shape index (κ3) is 9.90. The van der Waals surface area contributed by atoms with Crippen molar-refractivity contribution in [2.24, 2.45) is 0 Å². The SMILES string of the molecule is C=C(C)C(=O)OCCOCCOCCOC(=O)Oc1ccc(C(=O)Oc2ccc3c(c2)C(C)c2cc(OC(=O)c4ccc(C)cc4F)ccc2-3)c(F)c1. The first-order valence-electron chi connectivity index (χ1n) is 16.5. The number of halogens is 2. The maximum absolute atomic E-state index is 14.9. The average molecular weight is 731 g/mol. The minimum Gasteiger partial charge on any atom is -0.460 e. The summed E-state index contributed by atoms with van der Waals surface area (Å²) in [4.78, 5) is 48.8. The van der Waals surface area contributed by atoms with Gasteiger partial charge in [0.1, 0.15) is 42.1 Å². The molecule has 4 aromatic carbocycles. The van der Waals surface area contributed by atoms with Crippen molar-refractivity contribution in [2.45, 2.75) is 26.7 Å². The standard InChI is InChI=1S/C40H36F2O11/c1-23(2)37(43)49-17-15-47-13-14-48-16-18-50-40(46)53-28-8-12-32(36(42)22-28)39(45)52-27-7-11-30-29-10-6-26(20-33(29)25(4)34(30)21-27)51-38(44)31-9-5-24(3)19-35(31)41/h5-12,19-22,25H,1,13-18H2,2-4H3. The predicted octanol–water partition coefficient (Wildman–Crippen LogP) is 7.51. The fourth-order valence-electron chi connectivity index (χ4n) is 5.37. The third-order valence-electron chi connectivity index (χ3n) is 8.03. The van der Waals surface area contributed by atoms with Crippen LogP contribution in [0, 0.1) is 18.6 Å². The van der Waals surface area contributed by atoms with Crippen LogP contribution in [0.3, 0.4) is 0 Å². The quantitative estimate of drug-likeness (QED) is 0.0396. The van der Waals surface area contributed by atoms with E-state index in [1.165, 1.54) is 18.2 Å². The first-order valence-corrected chi connectivity index (χ1v) is 16.5. The number of hydrogen-bond acceptors (Lipinski definition) is 11. The summed E-state index contributed by atoms with van der Waals surface area (Å²) in [5.41, 5.74) is 3.88. The first kappa shape index (κ1) is 38.3. The summed E-state index contributed by atoms with van der Waals surface area (Å²) in [5, 5.41) is 0. The van der Waals surface area contributed by atoms with E-state index < -0.39 is 35.7 Å². The van der Waals surface area contributed by atoms with Gasteiger partial charge in [0.05, 0.1) is 37.6 Å². The maximum Gasteiger partial charge on any atom is 0.513 e. The molecule has 11 nitrogen and oxygen atoms in total. The number of carbonyl (C=O) groups is 4. The van der Waals surface area contributed by atoms with Gasteiger partial charge in [0, 0.05) is 17.6 Å². The molecule has 1 unspecified atom stereocenters. The molecule has 0 radical (unpaired) electrons. The second-order valence-corrected chi connectivity index (χ2v) is 12.0. The topological polar surface area (TPSA) is 133 Å². The molecular weight excluding hydrogens is 694 g/mol. The summed E-state index contributed by atoms with van der Waals surface area (Å²) >= 11 is 0. The monoisotopic (exact) mass is 730 g/mol. The molecule has 0 amide bonds. The smallest absolute Gasteiger partial charge is 0.460 e. The van der Waals surface area contributed by atoms with E-state index in [9.17, 15) is 28.0 Å². The van der Waals surface area contributed by atoms with Gasteiger partial charge in [-0.25, -0.2) is 28.0 Å². The highest BCUT2D eigenvalue weighted by atomic mass is 19.1. The number of rotatable bonds is 15. The van der Waals surface area contributed by atoms with Crippen LogP contribution in [0.5, 0.6) is 17.2 Å². The number of ether oxygens (including phenoxy) is 7. The first-order chi connectivity index (χ1) is 25.4. The summed E-state index contributed by atoms with van der Waals surface area (Å²) in [6.07, 6.45) is -1.10. The van der Waals surface area contributed by atoms with Crippen molar-refractivity contribution in [3.8, 4) is 28.4 Å². The predicted molar refractivity (Wildman–Crippen MR) is 186 cm³/mol. The van der Waals surface area contributed by atoms with Crippen LogP contribution in [0.25, 0.3) is 11.1 Å². The molecule has 1 aliphatic carbocycles. The van der Waals surface area contributed by atoms with E-state index in [-0.39, 0.29) is 73.9 Å². The lowest BCUT2D eigenvalue weighted by Crippen LogP contribution is -2.17. The fourth-order valence-corrected chi connectivity index (χ4v) is 5.37. The summed E-state index contributed by atoms with van der Waals surface area (Å²) in [6.45, 7) is 9.27. The Balaban J connectivity index is 1.08. The van der Waals surface area contributed by atoms with Crippen LogP contribution in [0.4, 0.5) is 13.6 Å². The zero-order chi connectivity index (χ0) is 38.1. The largest absolute Gasteiger partial charge is 0.513 e. The van der Waals surface area contributed by atoms with E-state index in [1.54, 1.807) is 56.3 Å². The molecule has 13 heteroatoms. The van der Waals surface area contributed by atoms with Gasteiger partial charge in [-0.3, -0.25) is 0 Å². The lowest BCUT2D eigenvalue weighted by Gasteiger charge is -2.11. The van der Waals surface area contributed by atoms with Gasteiger partial charge in [0.25, 0.3) is 0 Å². The molecule has 1 aliphatic rings. The number of carbonyl (C=O) groups excluding carboxylic acids is 4. The molecule has 276 valence electrons. The molecule has 0 saturated carbocycles. The average Bonchev–Trinajstić information content (AvgIpc) is 3.38. The van der Waals surface area contributed by atoms with E-state index in [0.29, 0.717) is 11.1 Å². The molecule has 0 aliphatic heterocycles. The van der Waals surface area contributed by atoms with E-state index in [4.69, 9.17) is 33.2 Å². The molecule has 5 rings (SSSR count). The summed E-state index contributed by atoms with van der Waals surface area (Å²) in [5.74, 6) is -3.87. The molecule has 0 bridgehead atoms. The molecule has 1 atom stereocenters. The highest BCUT2D eigenvalue weighted by molar-refractivity contribution is 5.93. The maximum atomic E-state index is 14.9. The summed E-state index contributed by atoms with van der Waals surface area (Å²) < 4.78 is 65.5. The number of hydrogen-bond donors (Lipinski definition) is 0. The van der Waals surface area contributed by atoms with Gasteiger partial charge in [-0.1, -0.05) is 31.7 Å². The van der Waals surface area contributed by atoms with Gasteiger partial charge in [-0.05, 0) is 90.2 Å². The Morgan fingerprint density at radius 1 is 0.623 bits per heavy atom. The van der Waals surface area contributed by atoms with Gasteiger partial charge in [0.2, 0.25) is 0 Å². The van der Waals surface area contributed by atoms with Gasteiger partial charge >= 0.3 is 24.1 Å². The molecule has 4 aromatic rings. The van der Waals surface area contributed by atoms with Crippen LogP contribution in [0.15, 0.2) is 84.9 Å². The van der Waals surface area contributed by atoms with Gasteiger partial charge < -0.3 is 33.2 Å². The third-order valence-corrected chi connectivity index (χ3v) is 8.03. The highest BCUT2D eigenvalue weighted by Gasteiger charge is 2.28. The number of esters is 3. The molecule has 0 saturated heterocycles. The van der Waals surface area contributed by atoms with Gasteiger partial charge in [0.15, 0.2) is 0 Å². The fraction of sp³-hybridized carbons (Fsp3) is 0.250. The Morgan fingerprint density at radius 2 is 1.09 bits per heavy atom. The van der Waals surface area contributed by atoms with Gasteiger partial charge in [-0.2, -0.15) is 0 Å². The molecule has 0 spiro atoms. The van der Waals surface area contributed by atoms with Crippen LogP contribution in [0.2, 0.25) is 0 Å². The van der Waals surface area contributed by atoms with E-state index in [2.05, 4.69) is 6.58 Å². The second-order valence-electron chi connectivity index (χ2n) is 12.0. The molecule has 0 aromatic heterocycles. The van der Waals surface area contributed by atoms with Crippen LogP contribution in [-0.2, 0) is 23.7 Å². The Bertz CT molecular complexity index is 2040. The molecule has 0 heterocycles. The molecular formula is C40H36F2O11. The van der Waals surface area contributed by atoms with Crippen LogP contribution in [0.1, 0.15) is 57.2 Å². The minimum atomic E-state index is -1.10. The Labute approximate surface area is 304 Å². The normalized spacial score (nSPS) is 12.7. The van der Waals surface area contributed by atoms with Gasteiger partial charge in [-0.15, -0.1) is 0 Å². The van der Waals surface area contributed by atoms with Crippen LogP contribution in [-0.4, -0.2) is 63.7 Å². The zero-order valence-corrected chi connectivity index (χ0v) is 29.2. The number of fused-ring (bicyclic) bond motifs is 3. The van der Waals surface area contributed by atoms with Crippen molar-refractivity contribution in [2.75, 3.05) is 39.6 Å². The Kier molecular flexibility index (Phi) is 12.7. The van der Waals surface area contributed by atoms with Crippen LogP contribution < -0.4 is 14.2 Å². The highest BCUT2D eigenvalue weighted by Crippen LogP contribution is 2.47. The van der Waals surface area contributed by atoms with Crippen molar-refractivity contribution in [3.05, 3.63) is 124 Å². The van der Waals surface area contributed by atoms with Crippen molar-refractivity contribution in [1.82, 2.24) is 0 Å². The van der Waals surface area contributed by atoms with Crippen molar-refractivity contribution >= 4 is 24.1 Å². The number of aryl methyl sites for hydroxylation is 1. The van der Waals surface area contributed by atoms with E-state index in [1.807, 2.05) is 6.92 Å². The van der Waals surface area contributed by atoms with E-state index in [0.717, 1.165) is 34.4 Å². The number of benzene rings is 4. The lowest BCUT2D eigenvalue weighted by molar-refractivity contribution is -0.140. The van der Waals surface area contributed by atoms with Crippen LogP contribution >= 0.6 is 0 Å². The molecule has 0 fully saturated rings. The summed E-state index contributed by atoms with van der Waals surface area (Å²) in [6, 6.07) is 17.7. The molecule has 0 N–H and O–H groups in total. The zero-order valence-electron chi connectivity index (χ0n) is 29.2. The van der Waals surface area contributed by atoms with Crippen molar-refractivity contribution in [1.29, 1.82) is 0 Å². The summed E-state index contributed by atoms with van der Waals surface area (Å²) in [7, 11) is 0. The van der Waals surface area contributed by atoms with E-state index >= 15 is 0 Å². The second kappa shape index (κ2) is 17.5.